The topological polar surface area (TPSA) is 207 Å². The molecule has 0 spiro atoms. The fourth-order valence-corrected chi connectivity index (χ4v) is 9.80. The van der Waals surface area contributed by atoms with Gasteiger partial charge in [0.25, 0.3) is 0 Å². The van der Waals surface area contributed by atoms with Crippen molar-refractivity contribution < 1.29 is 59.9 Å². The summed E-state index contributed by atoms with van der Waals surface area (Å²) in [4.78, 5) is 13.9. The summed E-state index contributed by atoms with van der Waals surface area (Å²) in [7, 11) is 0. The number of allylic oxidation sites excluding steroid dienone is 1. The molecule has 2 aliphatic heterocycles. The van der Waals surface area contributed by atoms with E-state index in [1.807, 2.05) is 6.92 Å². The maximum absolute atomic E-state index is 13.9. The van der Waals surface area contributed by atoms with Gasteiger partial charge in [-0.25, -0.2) is 0 Å². The molecule has 3 saturated carbocycles. The fraction of sp³-hybridized carbons (Fsp3) is 0.909. The molecule has 5 aliphatic rings. The zero-order valence-electron chi connectivity index (χ0n) is 26.5. The van der Waals surface area contributed by atoms with Crippen molar-refractivity contribution in [2.45, 2.75) is 139 Å². The molecular weight excluding hydrogens is 588 g/mol. The van der Waals surface area contributed by atoms with E-state index in [1.165, 1.54) is 0 Å². The third-order valence-corrected chi connectivity index (χ3v) is 12.5. The van der Waals surface area contributed by atoms with Gasteiger partial charge in [0.15, 0.2) is 0 Å². The lowest BCUT2D eigenvalue weighted by Crippen LogP contribution is -2.61. The first-order valence-electron chi connectivity index (χ1n) is 16.8. The number of carbonyl (C=O) groups excluding carboxylic acids is 1. The Morgan fingerprint density at radius 3 is 2.09 bits per heavy atom. The standard InChI is InChI=1S/C33H54O12/c1-16-13-18-7-10-23-32(2,19(18)8-5-17(16)6-9-20-24(36)27(39)25(37)21(14-34)43-20)11-4-12-33(23,3)31(42)45-30-29(41)28(40)26(38)22(15-35)44-30/h17-30,34-41H,1,4-15H2,2-3H3/t17-,18?,19+,20?,21?,22?,23-,24?,25?,26?,27?,28?,29?,30?,32-,33+/m0/s1. The van der Waals surface area contributed by atoms with Crippen molar-refractivity contribution in [3.05, 3.63) is 12.2 Å². The van der Waals surface area contributed by atoms with Gasteiger partial charge in [0.05, 0.1) is 24.7 Å². The quantitative estimate of drug-likeness (QED) is 0.138. The van der Waals surface area contributed by atoms with Gasteiger partial charge in [0, 0.05) is 0 Å². The average Bonchev–Trinajstić information content (AvgIpc) is 3.18. The van der Waals surface area contributed by atoms with Crippen molar-refractivity contribution in [2.75, 3.05) is 13.2 Å². The number of aliphatic hydroxyl groups excluding tert-OH is 8. The molecule has 2 heterocycles. The third kappa shape index (κ3) is 6.37. The van der Waals surface area contributed by atoms with Gasteiger partial charge in [-0.2, -0.15) is 0 Å². The van der Waals surface area contributed by atoms with Crippen LogP contribution in [0.15, 0.2) is 12.2 Å². The highest BCUT2D eigenvalue weighted by Gasteiger charge is 2.60. The van der Waals surface area contributed by atoms with Gasteiger partial charge in [0.2, 0.25) is 6.29 Å². The minimum absolute atomic E-state index is 0.0244. The maximum atomic E-state index is 13.9. The average molecular weight is 643 g/mol. The van der Waals surface area contributed by atoms with Crippen LogP contribution in [0.25, 0.3) is 0 Å². The number of hydrogen-bond acceptors (Lipinski definition) is 12. The molecule has 0 amide bonds. The normalized spacial score (nSPS) is 50.7. The first-order valence-corrected chi connectivity index (χ1v) is 16.8. The number of aliphatic hydroxyl groups is 8. The van der Waals surface area contributed by atoms with Crippen molar-refractivity contribution in [2.24, 2.45) is 34.5 Å². The Kier molecular flexibility index (Phi) is 10.7. The van der Waals surface area contributed by atoms with Crippen LogP contribution in [0.1, 0.15) is 78.1 Å². The molecule has 5 rings (SSSR count). The summed E-state index contributed by atoms with van der Waals surface area (Å²) >= 11 is 0. The molecule has 12 heteroatoms. The first kappa shape index (κ1) is 35.1. The smallest absolute Gasteiger partial charge is 0.314 e. The highest BCUT2D eigenvalue weighted by atomic mass is 16.7. The summed E-state index contributed by atoms with van der Waals surface area (Å²) in [6.45, 7) is 7.64. The minimum atomic E-state index is -1.64. The number of carbonyl (C=O) groups is 1. The number of ether oxygens (including phenoxy) is 3. The Morgan fingerprint density at radius 1 is 0.800 bits per heavy atom. The van der Waals surface area contributed by atoms with Crippen molar-refractivity contribution in [3.8, 4) is 0 Å². The molecule has 0 bridgehead atoms. The van der Waals surface area contributed by atoms with Gasteiger partial charge in [0.1, 0.15) is 48.8 Å². The lowest BCUT2D eigenvalue weighted by Gasteiger charge is -2.59. The van der Waals surface area contributed by atoms with Crippen LogP contribution in [0.3, 0.4) is 0 Å². The molecule has 8 N–H and O–H groups in total. The van der Waals surface area contributed by atoms with E-state index in [9.17, 15) is 45.6 Å². The molecule has 2 saturated heterocycles. The van der Waals surface area contributed by atoms with Crippen molar-refractivity contribution in [3.63, 3.8) is 0 Å². The zero-order valence-corrected chi connectivity index (χ0v) is 26.5. The van der Waals surface area contributed by atoms with E-state index in [0.29, 0.717) is 31.1 Å². The van der Waals surface area contributed by atoms with E-state index in [4.69, 9.17) is 14.2 Å². The van der Waals surface area contributed by atoms with Crippen LogP contribution in [0.5, 0.6) is 0 Å². The molecule has 0 radical (unpaired) electrons. The zero-order chi connectivity index (χ0) is 32.8. The van der Waals surface area contributed by atoms with Gasteiger partial charge < -0.3 is 55.1 Å². The van der Waals surface area contributed by atoms with Crippen LogP contribution < -0.4 is 0 Å². The summed E-state index contributed by atoms with van der Waals surface area (Å²) in [6.07, 6.45) is -5.00. The Bertz CT molecular complexity index is 1050. The molecule has 12 nitrogen and oxygen atoms in total. The van der Waals surface area contributed by atoms with Gasteiger partial charge >= 0.3 is 5.97 Å². The van der Waals surface area contributed by atoms with Crippen molar-refractivity contribution in [1.82, 2.24) is 0 Å². The molecular formula is C33H54O12. The van der Waals surface area contributed by atoms with Crippen LogP contribution in [0, 0.1) is 34.5 Å². The highest BCUT2D eigenvalue weighted by Crippen LogP contribution is 2.64. The van der Waals surface area contributed by atoms with Gasteiger partial charge in [-0.1, -0.05) is 25.5 Å². The second-order valence-corrected chi connectivity index (χ2v) is 15.0. The number of rotatable bonds is 7. The van der Waals surface area contributed by atoms with Crippen LogP contribution in [0.2, 0.25) is 0 Å². The molecule has 3 aliphatic carbocycles. The second-order valence-electron chi connectivity index (χ2n) is 15.0. The number of esters is 1. The molecule has 5 fully saturated rings. The summed E-state index contributed by atoms with van der Waals surface area (Å²) in [6, 6.07) is 0. The predicted octanol–water partition coefficient (Wildman–Crippen LogP) is 0.147. The highest BCUT2D eigenvalue weighted by molar-refractivity contribution is 5.77. The number of fused-ring (bicyclic) bond motifs is 3. The van der Waals surface area contributed by atoms with E-state index >= 15 is 0 Å². The molecule has 258 valence electrons. The summed E-state index contributed by atoms with van der Waals surface area (Å²) in [5.41, 5.74) is 0.175. The van der Waals surface area contributed by atoms with Crippen molar-refractivity contribution in [1.29, 1.82) is 0 Å². The van der Waals surface area contributed by atoms with E-state index in [2.05, 4.69) is 13.5 Å². The molecule has 0 aromatic rings. The summed E-state index contributed by atoms with van der Waals surface area (Å²) in [5.74, 6) is 0.480. The maximum Gasteiger partial charge on any atom is 0.314 e. The van der Waals surface area contributed by atoms with E-state index in [1.54, 1.807) is 0 Å². The SMILES string of the molecule is C=C1CC2CC[C@H]3[C@@](C)(CCC[C@@]3(C)C(=O)OC3OC(CO)C(O)C(O)C3O)[C@@H]2CC[C@H]1CCC1OC(CO)C(O)C(O)C1O. The van der Waals surface area contributed by atoms with E-state index in [-0.39, 0.29) is 17.3 Å². The van der Waals surface area contributed by atoms with E-state index in [0.717, 1.165) is 50.5 Å². The van der Waals surface area contributed by atoms with Crippen molar-refractivity contribution >= 4 is 5.97 Å². The third-order valence-electron chi connectivity index (χ3n) is 12.5. The second kappa shape index (κ2) is 13.7. The molecule has 0 aromatic heterocycles. The fourth-order valence-electron chi connectivity index (χ4n) is 9.80. The van der Waals surface area contributed by atoms with Gasteiger partial charge in [-0.3, -0.25) is 4.79 Å². The summed E-state index contributed by atoms with van der Waals surface area (Å²) < 4.78 is 17.0. The Labute approximate surface area is 265 Å². The minimum Gasteiger partial charge on any atom is -0.432 e. The molecule has 11 unspecified atom stereocenters. The van der Waals surface area contributed by atoms with Gasteiger partial charge in [-0.05, 0) is 93.8 Å². The van der Waals surface area contributed by atoms with Crippen LogP contribution in [0.4, 0.5) is 0 Å². The first-order chi connectivity index (χ1) is 21.3. The largest absolute Gasteiger partial charge is 0.432 e. The Balaban J connectivity index is 1.26. The van der Waals surface area contributed by atoms with Crippen LogP contribution in [-0.4, -0.2) is 121 Å². The molecule has 0 aromatic carbocycles. The van der Waals surface area contributed by atoms with Crippen LogP contribution >= 0.6 is 0 Å². The lowest BCUT2D eigenvalue weighted by atomic mass is 9.45. The number of hydrogen-bond donors (Lipinski definition) is 8. The Hall–Kier alpha value is -1.19. The summed E-state index contributed by atoms with van der Waals surface area (Å²) in [5, 5.41) is 80.8. The Morgan fingerprint density at radius 2 is 1.42 bits per heavy atom. The van der Waals surface area contributed by atoms with Gasteiger partial charge in [-0.15, -0.1) is 0 Å². The van der Waals surface area contributed by atoms with E-state index < -0.39 is 85.8 Å². The van der Waals surface area contributed by atoms with Crippen LogP contribution in [-0.2, 0) is 19.0 Å². The predicted molar refractivity (Wildman–Crippen MR) is 159 cm³/mol. The monoisotopic (exact) mass is 642 g/mol. The molecule has 16 atom stereocenters. The molecule has 45 heavy (non-hydrogen) atoms. The lowest BCUT2D eigenvalue weighted by molar-refractivity contribution is -0.297.